The SMILES string of the molecule is CO[C@H]1CC[C@@H](COc2ccc(S(N)(=O)=O)c(Cl)n2)CC1. The molecule has 2 rings (SSSR count). The molecule has 118 valence electrons. The van der Waals surface area contributed by atoms with Crippen molar-refractivity contribution in [3.8, 4) is 5.88 Å². The smallest absolute Gasteiger partial charge is 0.241 e. The van der Waals surface area contributed by atoms with Crippen LogP contribution >= 0.6 is 11.6 Å². The number of rotatable bonds is 5. The molecular formula is C13H19ClN2O4S. The highest BCUT2D eigenvalue weighted by molar-refractivity contribution is 7.89. The molecular weight excluding hydrogens is 316 g/mol. The van der Waals surface area contributed by atoms with E-state index in [0.717, 1.165) is 25.7 Å². The predicted molar refractivity (Wildman–Crippen MR) is 78.9 cm³/mol. The molecule has 8 heteroatoms. The third kappa shape index (κ3) is 4.54. The minimum absolute atomic E-state index is 0.168. The van der Waals surface area contributed by atoms with Gasteiger partial charge in [0.25, 0.3) is 0 Å². The number of aromatic nitrogens is 1. The first-order valence-electron chi connectivity index (χ1n) is 6.75. The van der Waals surface area contributed by atoms with Gasteiger partial charge in [0.05, 0.1) is 12.7 Å². The molecule has 0 radical (unpaired) electrons. The largest absolute Gasteiger partial charge is 0.477 e. The van der Waals surface area contributed by atoms with E-state index in [1.165, 1.54) is 12.1 Å². The molecule has 0 amide bonds. The number of hydrogen-bond acceptors (Lipinski definition) is 5. The standard InChI is InChI=1S/C13H19ClN2O4S/c1-19-10-4-2-9(3-5-10)8-20-12-7-6-11(13(14)16-12)21(15,17)18/h6-7,9-10H,2-5,8H2,1H3,(H2,15,17,18)/t9-,10+. The lowest BCUT2D eigenvalue weighted by Crippen LogP contribution is -2.24. The number of hydrogen-bond donors (Lipinski definition) is 1. The van der Waals surface area contributed by atoms with E-state index < -0.39 is 10.0 Å². The van der Waals surface area contributed by atoms with Gasteiger partial charge in [0.1, 0.15) is 4.90 Å². The number of primary sulfonamides is 1. The van der Waals surface area contributed by atoms with Gasteiger partial charge >= 0.3 is 0 Å². The van der Waals surface area contributed by atoms with Crippen molar-refractivity contribution in [2.45, 2.75) is 36.7 Å². The van der Waals surface area contributed by atoms with Crippen LogP contribution in [0.5, 0.6) is 5.88 Å². The maximum atomic E-state index is 11.2. The van der Waals surface area contributed by atoms with Crippen molar-refractivity contribution in [3.63, 3.8) is 0 Å². The lowest BCUT2D eigenvalue weighted by atomic mass is 9.88. The molecule has 1 aliphatic rings. The van der Waals surface area contributed by atoms with Crippen LogP contribution in [0.25, 0.3) is 0 Å². The molecule has 0 atom stereocenters. The third-order valence-corrected chi connectivity index (χ3v) is 5.03. The molecule has 0 aliphatic heterocycles. The number of halogens is 1. The summed E-state index contributed by atoms with van der Waals surface area (Å²) in [6.45, 7) is 0.536. The monoisotopic (exact) mass is 334 g/mol. The fourth-order valence-electron chi connectivity index (χ4n) is 2.43. The molecule has 0 aromatic carbocycles. The summed E-state index contributed by atoms with van der Waals surface area (Å²) in [5.74, 6) is 0.760. The van der Waals surface area contributed by atoms with Gasteiger partial charge in [-0.25, -0.2) is 18.5 Å². The zero-order valence-corrected chi connectivity index (χ0v) is 13.4. The van der Waals surface area contributed by atoms with Gasteiger partial charge in [0.15, 0.2) is 5.15 Å². The Bertz CT molecular complexity index is 586. The molecule has 1 fully saturated rings. The number of nitrogens with zero attached hydrogens (tertiary/aromatic N) is 1. The molecule has 1 aromatic heterocycles. The molecule has 1 aromatic rings. The van der Waals surface area contributed by atoms with E-state index in [-0.39, 0.29) is 10.0 Å². The van der Waals surface area contributed by atoms with Crippen molar-refractivity contribution in [3.05, 3.63) is 17.3 Å². The molecule has 6 nitrogen and oxygen atoms in total. The average molecular weight is 335 g/mol. The zero-order chi connectivity index (χ0) is 15.5. The van der Waals surface area contributed by atoms with Crippen LogP contribution in [0.1, 0.15) is 25.7 Å². The first kappa shape index (κ1) is 16.5. The lowest BCUT2D eigenvalue weighted by molar-refractivity contribution is 0.0478. The molecule has 0 unspecified atom stereocenters. The van der Waals surface area contributed by atoms with Gasteiger partial charge in [-0.2, -0.15) is 0 Å². The van der Waals surface area contributed by atoms with E-state index in [2.05, 4.69) is 4.98 Å². The van der Waals surface area contributed by atoms with E-state index in [9.17, 15) is 8.42 Å². The minimum atomic E-state index is -3.86. The van der Waals surface area contributed by atoms with Crippen molar-refractivity contribution >= 4 is 21.6 Å². The molecule has 0 spiro atoms. The molecule has 1 saturated carbocycles. The number of sulfonamides is 1. The fourth-order valence-corrected chi connectivity index (χ4v) is 3.44. The second kappa shape index (κ2) is 6.91. The predicted octanol–water partition coefficient (Wildman–Crippen LogP) is 1.97. The Kier molecular flexibility index (Phi) is 5.43. The zero-order valence-electron chi connectivity index (χ0n) is 11.8. The highest BCUT2D eigenvalue weighted by Gasteiger charge is 2.21. The lowest BCUT2D eigenvalue weighted by Gasteiger charge is -2.27. The first-order chi connectivity index (χ1) is 9.90. The maximum Gasteiger partial charge on any atom is 0.241 e. The number of nitrogens with two attached hydrogens (primary N) is 1. The third-order valence-electron chi connectivity index (χ3n) is 3.69. The summed E-state index contributed by atoms with van der Waals surface area (Å²) >= 11 is 5.81. The van der Waals surface area contributed by atoms with Gasteiger partial charge in [0, 0.05) is 13.2 Å². The van der Waals surface area contributed by atoms with E-state index in [1.807, 2.05) is 0 Å². The summed E-state index contributed by atoms with van der Waals surface area (Å²) in [6.07, 6.45) is 4.50. The highest BCUT2D eigenvalue weighted by Crippen LogP contribution is 2.27. The van der Waals surface area contributed by atoms with Crippen LogP contribution in [-0.4, -0.2) is 33.2 Å². The van der Waals surface area contributed by atoms with Gasteiger partial charge in [-0.3, -0.25) is 0 Å². The molecule has 0 saturated heterocycles. The summed E-state index contributed by atoms with van der Waals surface area (Å²) < 4.78 is 33.4. The van der Waals surface area contributed by atoms with Gasteiger partial charge in [0.2, 0.25) is 15.9 Å². The molecule has 1 heterocycles. The van der Waals surface area contributed by atoms with Crippen LogP contribution in [0.3, 0.4) is 0 Å². The Morgan fingerprint density at radius 1 is 1.33 bits per heavy atom. The Balaban J connectivity index is 1.91. The number of pyridine rings is 1. The van der Waals surface area contributed by atoms with Crippen LogP contribution < -0.4 is 9.88 Å². The number of methoxy groups -OCH3 is 1. The van der Waals surface area contributed by atoms with Crippen molar-refractivity contribution in [1.29, 1.82) is 0 Å². The van der Waals surface area contributed by atoms with Crippen LogP contribution in [0, 0.1) is 5.92 Å². The maximum absolute atomic E-state index is 11.2. The van der Waals surface area contributed by atoms with Crippen LogP contribution in [0.15, 0.2) is 17.0 Å². The van der Waals surface area contributed by atoms with Gasteiger partial charge in [-0.05, 0) is 37.7 Å². The van der Waals surface area contributed by atoms with Crippen molar-refractivity contribution < 1.29 is 17.9 Å². The second-order valence-corrected chi connectivity index (χ2v) is 7.06. The van der Waals surface area contributed by atoms with Crippen LogP contribution in [-0.2, 0) is 14.8 Å². The van der Waals surface area contributed by atoms with E-state index >= 15 is 0 Å². The summed E-state index contributed by atoms with van der Waals surface area (Å²) in [5.41, 5.74) is 0. The van der Waals surface area contributed by atoms with Gasteiger partial charge in [-0.1, -0.05) is 11.6 Å². The normalized spacial score (nSPS) is 23.0. The highest BCUT2D eigenvalue weighted by atomic mass is 35.5. The van der Waals surface area contributed by atoms with Crippen molar-refractivity contribution in [2.75, 3.05) is 13.7 Å². The Labute approximate surface area is 129 Å². The summed E-state index contributed by atoms with van der Waals surface area (Å²) in [6, 6.07) is 2.77. The Morgan fingerprint density at radius 3 is 2.52 bits per heavy atom. The summed E-state index contributed by atoms with van der Waals surface area (Å²) in [7, 11) is -2.12. The quantitative estimate of drug-likeness (QED) is 0.831. The van der Waals surface area contributed by atoms with Crippen molar-refractivity contribution in [1.82, 2.24) is 4.98 Å². The topological polar surface area (TPSA) is 91.5 Å². The van der Waals surface area contributed by atoms with Crippen molar-refractivity contribution in [2.24, 2.45) is 11.1 Å². The second-order valence-electron chi connectivity index (χ2n) is 5.17. The van der Waals surface area contributed by atoms with E-state index in [1.54, 1.807) is 7.11 Å². The van der Waals surface area contributed by atoms with Crippen LogP contribution in [0.4, 0.5) is 0 Å². The average Bonchev–Trinajstić information content (AvgIpc) is 2.44. The Morgan fingerprint density at radius 2 is 2.00 bits per heavy atom. The van der Waals surface area contributed by atoms with E-state index in [4.69, 9.17) is 26.2 Å². The molecule has 2 N–H and O–H groups in total. The van der Waals surface area contributed by atoms with Gasteiger partial charge < -0.3 is 9.47 Å². The molecule has 0 bridgehead atoms. The van der Waals surface area contributed by atoms with Gasteiger partial charge in [-0.15, -0.1) is 0 Å². The van der Waals surface area contributed by atoms with E-state index in [0.29, 0.717) is 24.5 Å². The summed E-state index contributed by atoms with van der Waals surface area (Å²) in [5, 5.41) is 4.85. The first-order valence-corrected chi connectivity index (χ1v) is 8.67. The van der Waals surface area contributed by atoms with Crippen LogP contribution in [0.2, 0.25) is 5.15 Å². The fraction of sp³-hybridized carbons (Fsp3) is 0.615. The minimum Gasteiger partial charge on any atom is -0.477 e. The molecule has 1 aliphatic carbocycles. The number of ether oxygens (including phenoxy) is 2. The molecule has 21 heavy (non-hydrogen) atoms. The summed E-state index contributed by atoms with van der Waals surface area (Å²) in [4.78, 5) is 3.72. The Hall–Kier alpha value is -0.890.